The van der Waals surface area contributed by atoms with Crippen LogP contribution in [0.5, 0.6) is 0 Å². The van der Waals surface area contributed by atoms with Crippen molar-refractivity contribution >= 4 is 29.2 Å². The molecule has 2 aromatic rings. The molecule has 0 spiro atoms. The van der Waals surface area contributed by atoms with Gasteiger partial charge < -0.3 is 15.7 Å². The van der Waals surface area contributed by atoms with E-state index in [1.807, 2.05) is 0 Å². The second-order valence-corrected chi connectivity index (χ2v) is 6.59. The van der Waals surface area contributed by atoms with Gasteiger partial charge in [0.1, 0.15) is 0 Å². The van der Waals surface area contributed by atoms with E-state index in [1.165, 1.54) is 25.0 Å². The van der Waals surface area contributed by atoms with Gasteiger partial charge in [-0.1, -0.05) is 44.7 Å². The van der Waals surface area contributed by atoms with Crippen molar-refractivity contribution in [1.29, 1.82) is 0 Å². The van der Waals surface area contributed by atoms with E-state index in [0.717, 1.165) is 19.3 Å². The number of amides is 2. The molecule has 0 fully saturated rings. The van der Waals surface area contributed by atoms with Gasteiger partial charge in [-0.2, -0.15) is 0 Å². The Morgan fingerprint density at radius 1 is 0.857 bits per heavy atom. The molecule has 2 rings (SSSR count). The van der Waals surface area contributed by atoms with Crippen LogP contribution in [0.3, 0.4) is 0 Å². The molecule has 0 unspecified atom stereocenters. The highest BCUT2D eigenvalue weighted by molar-refractivity contribution is 6.08. The molecule has 0 saturated heterocycles. The Morgan fingerprint density at radius 2 is 1.54 bits per heavy atom. The van der Waals surface area contributed by atoms with Crippen LogP contribution in [0.15, 0.2) is 48.5 Å². The second-order valence-electron chi connectivity index (χ2n) is 6.59. The SMILES string of the molecule is CCCCCCCC(=O)Nc1ccc(C(=O)Nc2ccccc2C(=O)O)cc1. The van der Waals surface area contributed by atoms with Crippen LogP contribution in [-0.2, 0) is 4.79 Å². The van der Waals surface area contributed by atoms with Gasteiger partial charge in [-0.05, 0) is 42.8 Å². The minimum absolute atomic E-state index is 0.0265. The van der Waals surface area contributed by atoms with Crippen LogP contribution in [0.2, 0.25) is 0 Å². The van der Waals surface area contributed by atoms with Crippen LogP contribution in [-0.4, -0.2) is 22.9 Å². The Bertz CT molecular complexity index is 816. The predicted octanol–water partition coefficient (Wildman–Crippen LogP) is 4.94. The van der Waals surface area contributed by atoms with Crippen molar-refractivity contribution in [2.24, 2.45) is 0 Å². The van der Waals surface area contributed by atoms with Crippen LogP contribution in [0, 0.1) is 0 Å². The first-order valence-corrected chi connectivity index (χ1v) is 9.55. The first-order chi connectivity index (χ1) is 13.5. The number of unbranched alkanes of at least 4 members (excludes halogenated alkanes) is 4. The van der Waals surface area contributed by atoms with E-state index >= 15 is 0 Å². The van der Waals surface area contributed by atoms with Crippen LogP contribution < -0.4 is 10.6 Å². The molecule has 0 aliphatic rings. The monoisotopic (exact) mass is 382 g/mol. The van der Waals surface area contributed by atoms with Crippen LogP contribution in [0.4, 0.5) is 11.4 Å². The van der Waals surface area contributed by atoms with E-state index in [2.05, 4.69) is 17.6 Å². The number of anilines is 2. The maximum Gasteiger partial charge on any atom is 0.337 e. The zero-order chi connectivity index (χ0) is 20.4. The smallest absolute Gasteiger partial charge is 0.337 e. The number of benzene rings is 2. The van der Waals surface area contributed by atoms with Crippen molar-refractivity contribution in [2.75, 3.05) is 10.6 Å². The number of carboxylic acids is 1. The number of carboxylic acid groups (broad SMARTS) is 1. The Labute approximate surface area is 165 Å². The molecule has 0 aliphatic carbocycles. The number of para-hydroxylation sites is 1. The summed E-state index contributed by atoms with van der Waals surface area (Å²) < 4.78 is 0. The molecule has 6 nitrogen and oxygen atoms in total. The average Bonchev–Trinajstić information content (AvgIpc) is 2.68. The third kappa shape index (κ3) is 6.54. The van der Waals surface area contributed by atoms with Gasteiger partial charge >= 0.3 is 5.97 Å². The van der Waals surface area contributed by atoms with Gasteiger partial charge in [-0.15, -0.1) is 0 Å². The summed E-state index contributed by atoms with van der Waals surface area (Å²) in [6.45, 7) is 2.15. The number of aromatic carboxylic acids is 1. The molecule has 0 atom stereocenters. The first kappa shape index (κ1) is 21.2. The number of carbonyl (C=O) groups excluding carboxylic acids is 2. The van der Waals surface area contributed by atoms with Crippen molar-refractivity contribution in [3.8, 4) is 0 Å². The quantitative estimate of drug-likeness (QED) is 0.507. The summed E-state index contributed by atoms with van der Waals surface area (Å²) in [5, 5.41) is 14.6. The molecular weight excluding hydrogens is 356 g/mol. The summed E-state index contributed by atoms with van der Waals surface area (Å²) in [7, 11) is 0. The molecule has 148 valence electrons. The molecule has 28 heavy (non-hydrogen) atoms. The van der Waals surface area contributed by atoms with E-state index in [0.29, 0.717) is 17.7 Å². The topological polar surface area (TPSA) is 95.5 Å². The summed E-state index contributed by atoms with van der Waals surface area (Å²) in [5.41, 5.74) is 1.26. The lowest BCUT2D eigenvalue weighted by Gasteiger charge is -2.09. The van der Waals surface area contributed by atoms with Gasteiger partial charge in [0.25, 0.3) is 5.91 Å². The number of rotatable bonds is 10. The van der Waals surface area contributed by atoms with Crippen LogP contribution >= 0.6 is 0 Å². The Morgan fingerprint density at radius 3 is 2.21 bits per heavy atom. The minimum Gasteiger partial charge on any atom is -0.478 e. The molecule has 2 amide bonds. The third-order valence-electron chi connectivity index (χ3n) is 4.34. The summed E-state index contributed by atoms with van der Waals surface area (Å²) >= 11 is 0. The largest absolute Gasteiger partial charge is 0.478 e. The molecule has 0 bridgehead atoms. The van der Waals surface area contributed by atoms with Gasteiger partial charge in [0.05, 0.1) is 11.3 Å². The number of hydrogen-bond donors (Lipinski definition) is 3. The molecule has 0 aromatic heterocycles. The molecule has 0 heterocycles. The molecule has 3 N–H and O–H groups in total. The van der Waals surface area contributed by atoms with E-state index < -0.39 is 11.9 Å². The molecule has 2 aromatic carbocycles. The Hall–Kier alpha value is -3.15. The van der Waals surface area contributed by atoms with Crippen LogP contribution in [0.25, 0.3) is 0 Å². The standard InChI is InChI=1S/C22H26N2O4/c1-2-3-4-5-6-11-20(25)23-17-14-12-16(13-15-17)21(26)24-19-10-8-7-9-18(19)22(27)28/h7-10,12-15H,2-6,11H2,1H3,(H,23,25)(H,24,26)(H,27,28). The summed E-state index contributed by atoms with van der Waals surface area (Å²) in [6.07, 6.45) is 5.93. The van der Waals surface area contributed by atoms with Crippen molar-refractivity contribution in [3.63, 3.8) is 0 Å². The average molecular weight is 382 g/mol. The summed E-state index contributed by atoms with van der Waals surface area (Å²) in [4.78, 5) is 35.5. The summed E-state index contributed by atoms with van der Waals surface area (Å²) in [5.74, 6) is -1.56. The van der Waals surface area contributed by atoms with Gasteiger partial charge in [0.2, 0.25) is 5.91 Å². The number of hydrogen-bond acceptors (Lipinski definition) is 3. The zero-order valence-corrected chi connectivity index (χ0v) is 16.0. The first-order valence-electron chi connectivity index (χ1n) is 9.55. The van der Waals surface area contributed by atoms with E-state index in [1.54, 1.807) is 36.4 Å². The van der Waals surface area contributed by atoms with Gasteiger partial charge in [-0.3, -0.25) is 9.59 Å². The number of carbonyl (C=O) groups is 3. The van der Waals surface area contributed by atoms with E-state index in [-0.39, 0.29) is 17.2 Å². The van der Waals surface area contributed by atoms with E-state index in [4.69, 9.17) is 0 Å². The van der Waals surface area contributed by atoms with Crippen molar-refractivity contribution < 1.29 is 19.5 Å². The highest BCUT2D eigenvalue weighted by Crippen LogP contribution is 2.17. The van der Waals surface area contributed by atoms with Gasteiger partial charge in [0, 0.05) is 17.7 Å². The van der Waals surface area contributed by atoms with Gasteiger partial charge in [-0.25, -0.2) is 4.79 Å². The summed E-state index contributed by atoms with van der Waals surface area (Å²) in [6, 6.07) is 12.7. The fourth-order valence-electron chi connectivity index (χ4n) is 2.79. The van der Waals surface area contributed by atoms with Crippen molar-refractivity contribution in [2.45, 2.75) is 45.4 Å². The van der Waals surface area contributed by atoms with Crippen molar-refractivity contribution in [3.05, 3.63) is 59.7 Å². The molecule has 0 radical (unpaired) electrons. The molecule has 6 heteroatoms. The van der Waals surface area contributed by atoms with Crippen molar-refractivity contribution in [1.82, 2.24) is 0 Å². The third-order valence-corrected chi connectivity index (χ3v) is 4.34. The highest BCUT2D eigenvalue weighted by atomic mass is 16.4. The molecular formula is C22H26N2O4. The fraction of sp³-hybridized carbons (Fsp3) is 0.318. The Kier molecular flexibility index (Phi) is 8.21. The predicted molar refractivity (Wildman–Crippen MR) is 110 cm³/mol. The second kappa shape index (κ2) is 10.9. The Balaban J connectivity index is 1.89. The molecule has 0 aliphatic heterocycles. The van der Waals surface area contributed by atoms with E-state index in [9.17, 15) is 19.5 Å². The maximum atomic E-state index is 12.4. The zero-order valence-electron chi connectivity index (χ0n) is 16.0. The maximum absolute atomic E-state index is 12.4. The lowest BCUT2D eigenvalue weighted by atomic mass is 10.1. The fourth-order valence-corrected chi connectivity index (χ4v) is 2.79. The lowest BCUT2D eigenvalue weighted by molar-refractivity contribution is -0.116. The minimum atomic E-state index is -1.11. The highest BCUT2D eigenvalue weighted by Gasteiger charge is 2.13. The molecule has 0 saturated carbocycles. The lowest BCUT2D eigenvalue weighted by Crippen LogP contribution is -2.15. The normalized spacial score (nSPS) is 10.3. The van der Waals surface area contributed by atoms with Gasteiger partial charge in [0.15, 0.2) is 0 Å². The van der Waals surface area contributed by atoms with Crippen LogP contribution in [0.1, 0.15) is 66.2 Å². The number of nitrogens with one attached hydrogen (secondary N) is 2.